The lowest BCUT2D eigenvalue weighted by molar-refractivity contribution is -0.125. The highest BCUT2D eigenvalue weighted by Crippen LogP contribution is 2.31. The number of carbonyl (C=O) groups excluding carboxylic acids is 1. The molecule has 0 bridgehead atoms. The number of hydrogen-bond donors (Lipinski definition) is 2. The minimum Gasteiger partial charge on any atom is -0.397 e. The van der Waals surface area contributed by atoms with Crippen LogP contribution in [0.1, 0.15) is 13.8 Å². The predicted octanol–water partition coefficient (Wildman–Crippen LogP) is 1.79. The van der Waals surface area contributed by atoms with E-state index in [0.29, 0.717) is 18.8 Å². The summed E-state index contributed by atoms with van der Waals surface area (Å²) >= 11 is 5.83. The van der Waals surface area contributed by atoms with E-state index in [4.69, 9.17) is 22.1 Å². The highest BCUT2D eigenvalue weighted by Gasteiger charge is 2.31. The summed E-state index contributed by atoms with van der Waals surface area (Å²) < 4.78 is 18.8. The lowest BCUT2D eigenvalue weighted by Gasteiger charge is -2.37. The van der Waals surface area contributed by atoms with Crippen molar-refractivity contribution in [2.24, 2.45) is 0 Å². The van der Waals surface area contributed by atoms with E-state index >= 15 is 0 Å². The third-order valence-corrected chi connectivity index (χ3v) is 3.53. The second kappa shape index (κ2) is 6.49. The Labute approximate surface area is 128 Å². The first kappa shape index (κ1) is 15.9. The first-order valence-electron chi connectivity index (χ1n) is 6.79. The summed E-state index contributed by atoms with van der Waals surface area (Å²) in [6.45, 7) is 4.99. The summed E-state index contributed by atoms with van der Waals surface area (Å²) in [4.78, 5) is 14.1. The number of benzene rings is 1. The molecule has 3 N–H and O–H groups in total. The molecule has 1 saturated heterocycles. The molecule has 0 radical (unpaired) electrons. The number of nitrogen functional groups attached to an aromatic ring is 1. The lowest BCUT2D eigenvalue weighted by Crippen LogP contribution is -2.55. The fraction of sp³-hybridized carbons (Fsp3) is 0.500. The van der Waals surface area contributed by atoms with Crippen LogP contribution in [0.5, 0.6) is 0 Å². The Kier molecular flexibility index (Phi) is 4.90. The Morgan fingerprint density at radius 1 is 1.57 bits per heavy atom. The fourth-order valence-corrected chi connectivity index (χ4v) is 2.45. The molecule has 1 aromatic rings. The monoisotopic (exact) mass is 315 g/mol. The van der Waals surface area contributed by atoms with E-state index < -0.39 is 11.9 Å². The maximum Gasteiger partial charge on any atom is 0.245 e. The van der Waals surface area contributed by atoms with Crippen molar-refractivity contribution in [2.75, 3.05) is 30.4 Å². The fourth-order valence-electron chi connectivity index (χ4n) is 2.29. The molecule has 1 unspecified atom stereocenters. The van der Waals surface area contributed by atoms with Gasteiger partial charge in [0.1, 0.15) is 11.9 Å². The topological polar surface area (TPSA) is 67.6 Å². The first-order valence-corrected chi connectivity index (χ1v) is 7.17. The van der Waals surface area contributed by atoms with Gasteiger partial charge in [0.05, 0.1) is 29.6 Å². The number of carbonyl (C=O) groups is 1. The number of amides is 1. The van der Waals surface area contributed by atoms with E-state index in [2.05, 4.69) is 5.32 Å². The number of halogens is 2. The van der Waals surface area contributed by atoms with Gasteiger partial charge in [0.15, 0.2) is 0 Å². The number of hydrogen-bond acceptors (Lipinski definition) is 4. The Morgan fingerprint density at radius 3 is 2.95 bits per heavy atom. The second-order valence-electron chi connectivity index (χ2n) is 5.27. The molecule has 1 amide bonds. The minimum atomic E-state index is -0.575. The quantitative estimate of drug-likeness (QED) is 0.835. The smallest absolute Gasteiger partial charge is 0.245 e. The number of rotatable bonds is 3. The molecule has 7 heteroatoms. The number of ether oxygens (including phenoxy) is 1. The number of nitrogens with zero attached hydrogens (tertiary/aromatic N) is 1. The van der Waals surface area contributed by atoms with Gasteiger partial charge in [-0.1, -0.05) is 11.6 Å². The van der Waals surface area contributed by atoms with Gasteiger partial charge in [-0.2, -0.15) is 0 Å². The van der Waals surface area contributed by atoms with Crippen molar-refractivity contribution in [3.05, 3.63) is 23.0 Å². The Hall–Kier alpha value is -1.53. The van der Waals surface area contributed by atoms with E-state index in [9.17, 15) is 9.18 Å². The number of anilines is 2. The van der Waals surface area contributed by atoms with Gasteiger partial charge < -0.3 is 20.7 Å². The van der Waals surface area contributed by atoms with E-state index in [1.54, 1.807) is 0 Å². The summed E-state index contributed by atoms with van der Waals surface area (Å²) in [5.74, 6) is -0.723. The van der Waals surface area contributed by atoms with Crippen LogP contribution < -0.4 is 16.0 Å². The molecule has 1 aliphatic rings. The molecular formula is C14H19ClFN3O2. The predicted molar refractivity (Wildman–Crippen MR) is 81.1 cm³/mol. The number of nitrogens with one attached hydrogen (secondary N) is 1. The van der Waals surface area contributed by atoms with Gasteiger partial charge in [-0.25, -0.2) is 4.39 Å². The van der Waals surface area contributed by atoms with Crippen molar-refractivity contribution in [3.8, 4) is 0 Å². The molecule has 1 aliphatic heterocycles. The largest absolute Gasteiger partial charge is 0.397 e. The van der Waals surface area contributed by atoms with Crippen LogP contribution in [0.4, 0.5) is 15.8 Å². The highest BCUT2D eigenvalue weighted by molar-refractivity contribution is 6.31. The molecule has 0 aromatic heterocycles. The van der Waals surface area contributed by atoms with Crippen molar-refractivity contribution in [2.45, 2.75) is 25.9 Å². The molecule has 0 saturated carbocycles. The average Bonchev–Trinajstić information content (AvgIpc) is 2.42. The zero-order valence-corrected chi connectivity index (χ0v) is 12.8. The van der Waals surface area contributed by atoms with Crippen LogP contribution in [0.15, 0.2) is 12.1 Å². The molecule has 116 valence electrons. The number of nitrogens with two attached hydrogens (primary N) is 1. The maximum atomic E-state index is 13.4. The van der Waals surface area contributed by atoms with E-state index in [1.807, 2.05) is 18.7 Å². The zero-order valence-electron chi connectivity index (χ0n) is 12.0. The Morgan fingerprint density at radius 2 is 2.29 bits per heavy atom. The molecule has 1 aromatic carbocycles. The van der Waals surface area contributed by atoms with Gasteiger partial charge in [0.25, 0.3) is 0 Å². The third kappa shape index (κ3) is 3.57. The maximum absolute atomic E-state index is 13.4. The van der Waals surface area contributed by atoms with Crippen LogP contribution in [0.3, 0.4) is 0 Å². The molecule has 2 rings (SSSR count). The van der Waals surface area contributed by atoms with Gasteiger partial charge >= 0.3 is 0 Å². The lowest BCUT2D eigenvalue weighted by atomic mass is 10.1. The van der Waals surface area contributed by atoms with Crippen molar-refractivity contribution < 1.29 is 13.9 Å². The second-order valence-corrected chi connectivity index (χ2v) is 5.68. The van der Waals surface area contributed by atoms with Crippen LogP contribution in [0, 0.1) is 5.82 Å². The molecule has 5 nitrogen and oxygen atoms in total. The molecule has 1 atom stereocenters. The van der Waals surface area contributed by atoms with Gasteiger partial charge in [0, 0.05) is 18.7 Å². The molecule has 1 fully saturated rings. The summed E-state index contributed by atoms with van der Waals surface area (Å²) in [6, 6.07) is 2.14. The average molecular weight is 316 g/mol. The van der Waals surface area contributed by atoms with Gasteiger partial charge in [-0.05, 0) is 19.9 Å². The minimum absolute atomic E-state index is 0.0197. The summed E-state index contributed by atoms with van der Waals surface area (Å²) in [6.07, 6.45) is 0. The normalized spacial score (nSPS) is 18.9. The Bertz CT molecular complexity index is 539. The first-order chi connectivity index (χ1) is 9.90. The van der Waals surface area contributed by atoms with Crippen LogP contribution in [0.25, 0.3) is 0 Å². The Balaban J connectivity index is 2.30. The van der Waals surface area contributed by atoms with Gasteiger partial charge in [-0.15, -0.1) is 0 Å². The third-order valence-electron chi connectivity index (χ3n) is 3.24. The van der Waals surface area contributed by atoms with Crippen LogP contribution in [-0.4, -0.2) is 37.7 Å². The molecule has 1 heterocycles. The van der Waals surface area contributed by atoms with Crippen molar-refractivity contribution >= 4 is 28.9 Å². The molecule has 21 heavy (non-hydrogen) atoms. The van der Waals surface area contributed by atoms with E-state index in [0.717, 1.165) is 0 Å². The summed E-state index contributed by atoms with van der Waals surface area (Å²) in [5, 5.41) is 2.83. The van der Waals surface area contributed by atoms with Gasteiger partial charge in [0.2, 0.25) is 5.91 Å². The summed E-state index contributed by atoms with van der Waals surface area (Å²) in [7, 11) is 0. The summed E-state index contributed by atoms with van der Waals surface area (Å²) in [5.41, 5.74) is 6.67. The van der Waals surface area contributed by atoms with E-state index in [1.165, 1.54) is 12.1 Å². The van der Waals surface area contributed by atoms with Crippen LogP contribution in [0.2, 0.25) is 5.02 Å². The molecule has 0 spiro atoms. The highest BCUT2D eigenvalue weighted by atomic mass is 35.5. The standard InChI is InChI=1S/C14H19ClFN3O2/c1-8(2)18-14(20)13-7-21-4-3-19(13)12-5-9(15)10(16)6-11(12)17/h5-6,8,13H,3-4,7,17H2,1-2H3,(H,18,20). The molecule has 0 aliphatic carbocycles. The number of morpholine rings is 1. The van der Waals surface area contributed by atoms with Crippen molar-refractivity contribution in [3.63, 3.8) is 0 Å². The van der Waals surface area contributed by atoms with Crippen LogP contribution >= 0.6 is 11.6 Å². The van der Waals surface area contributed by atoms with Gasteiger partial charge in [-0.3, -0.25) is 4.79 Å². The van der Waals surface area contributed by atoms with Crippen LogP contribution in [-0.2, 0) is 9.53 Å². The SMILES string of the molecule is CC(C)NC(=O)C1COCCN1c1cc(Cl)c(F)cc1N. The van der Waals surface area contributed by atoms with E-state index in [-0.39, 0.29) is 29.3 Å². The van der Waals surface area contributed by atoms with Crippen molar-refractivity contribution in [1.82, 2.24) is 5.32 Å². The zero-order chi connectivity index (χ0) is 15.6. The van der Waals surface area contributed by atoms with Crippen molar-refractivity contribution in [1.29, 1.82) is 0 Å². The molecular weight excluding hydrogens is 297 g/mol.